The van der Waals surface area contributed by atoms with Gasteiger partial charge in [0.2, 0.25) is 0 Å². The first-order chi connectivity index (χ1) is 10.2. The van der Waals surface area contributed by atoms with E-state index in [0.717, 1.165) is 22.0 Å². The van der Waals surface area contributed by atoms with E-state index in [2.05, 4.69) is 4.57 Å². The van der Waals surface area contributed by atoms with E-state index in [1.807, 2.05) is 42.6 Å². The number of aliphatic hydroxyl groups excluding tert-OH is 1. The van der Waals surface area contributed by atoms with Crippen molar-refractivity contribution in [2.45, 2.75) is 13.2 Å². The molecule has 0 aliphatic rings. The Morgan fingerprint density at radius 2 is 1.71 bits per heavy atom. The third-order valence-corrected chi connectivity index (χ3v) is 3.58. The SMILES string of the molecule is O=C(O)c1ccc2c(ccn2Cc2ccc(CO)cc2)c1. The molecular formula is C17H15NO3. The van der Waals surface area contributed by atoms with Crippen molar-refractivity contribution in [3.63, 3.8) is 0 Å². The van der Waals surface area contributed by atoms with E-state index < -0.39 is 5.97 Å². The first kappa shape index (κ1) is 13.4. The Balaban J connectivity index is 1.91. The summed E-state index contributed by atoms with van der Waals surface area (Å²) in [6.07, 6.45) is 1.95. The number of carboxylic acid groups (broad SMARTS) is 1. The van der Waals surface area contributed by atoms with Crippen molar-refractivity contribution in [2.75, 3.05) is 0 Å². The Kier molecular flexibility index (Phi) is 3.46. The van der Waals surface area contributed by atoms with E-state index in [0.29, 0.717) is 12.1 Å². The van der Waals surface area contributed by atoms with Gasteiger partial charge < -0.3 is 14.8 Å². The number of hydrogen-bond donors (Lipinski definition) is 2. The van der Waals surface area contributed by atoms with Gasteiger partial charge in [-0.05, 0) is 35.4 Å². The highest BCUT2D eigenvalue weighted by Crippen LogP contribution is 2.19. The van der Waals surface area contributed by atoms with Crippen LogP contribution in [0.1, 0.15) is 21.5 Å². The number of carboxylic acids is 1. The largest absolute Gasteiger partial charge is 0.478 e. The average molecular weight is 281 g/mol. The molecule has 4 heteroatoms. The Hall–Kier alpha value is -2.59. The predicted molar refractivity (Wildman–Crippen MR) is 80.4 cm³/mol. The van der Waals surface area contributed by atoms with Crippen LogP contribution in [0, 0.1) is 0 Å². The molecule has 0 bridgehead atoms. The molecule has 0 saturated heterocycles. The van der Waals surface area contributed by atoms with Gasteiger partial charge in [-0.15, -0.1) is 0 Å². The topological polar surface area (TPSA) is 62.5 Å². The number of fused-ring (bicyclic) bond motifs is 1. The molecule has 0 saturated carbocycles. The molecule has 4 nitrogen and oxygen atoms in total. The Bertz CT molecular complexity index is 787. The van der Waals surface area contributed by atoms with Gasteiger partial charge in [0.25, 0.3) is 0 Å². The lowest BCUT2D eigenvalue weighted by molar-refractivity contribution is 0.0697. The summed E-state index contributed by atoms with van der Waals surface area (Å²) >= 11 is 0. The van der Waals surface area contributed by atoms with Crippen molar-refractivity contribution >= 4 is 16.9 Å². The van der Waals surface area contributed by atoms with Gasteiger partial charge in [-0.2, -0.15) is 0 Å². The van der Waals surface area contributed by atoms with Crippen molar-refractivity contribution < 1.29 is 15.0 Å². The van der Waals surface area contributed by atoms with E-state index in [1.165, 1.54) is 0 Å². The smallest absolute Gasteiger partial charge is 0.335 e. The molecule has 0 unspecified atom stereocenters. The van der Waals surface area contributed by atoms with Crippen molar-refractivity contribution in [1.82, 2.24) is 4.57 Å². The highest BCUT2D eigenvalue weighted by atomic mass is 16.4. The van der Waals surface area contributed by atoms with Gasteiger partial charge in [-0.25, -0.2) is 4.79 Å². The Morgan fingerprint density at radius 3 is 2.38 bits per heavy atom. The molecule has 0 atom stereocenters. The maximum absolute atomic E-state index is 11.0. The number of hydrogen-bond acceptors (Lipinski definition) is 2. The summed E-state index contributed by atoms with van der Waals surface area (Å²) in [6, 6.07) is 14.9. The lowest BCUT2D eigenvalue weighted by atomic mass is 10.1. The summed E-state index contributed by atoms with van der Waals surface area (Å²) in [5.74, 6) is -0.913. The van der Waals surface area contributed by atoms with Gasteiger partial charge in [0.05, 0.1) is 12.2 Å². The minimum absolute atomic E-state index is 0.0463. The minimum Gasteiger partial charge on any atom is -0.478 e. The van der Waals surface area contributed by atoms with Crippen LogP contribution in [0.25, 0.3) is 10.9 Å². The summed E-state index contributed by atoms with van der Waals surface area (Å²) in [5, 5.41) is 19.0. The van der Waals surface area contributed by atoms with Crippen LogP contribution >= 0.6 is 0 Å². The van der Waals surface area contributed by atoms with Crippen LogP contribution in [0.5, 0.6) is 0 Å². The maximum atomic E-state index is 11.0. The average Bonchev–Trinajstić information content (AvgIpc) is 2.90. The summed E-state index contributed by atoms with van der Waals surface area (Å²) in [4.78, 5) is 11.0. The van der Waals surface area contributed by atoms with Crippen LogP contribution in [0.15, 0.2) is 54.7 Å². The van der Waals surface area contributed by atoms with Crippen molar-refractivity contribution in [3.8, 4) is 0 Å². The summed E-state index contributed by atoms with van der Waals surface area (Å²) in [7, 11) is 0. The maximum Gasteiger partial charge on any atom is 0.335 e. The van der Waals surface area contributed by atoms with Gasteiger partial charge >= 0.3 is 5.97 Å². The standard InChI is InChI=1S/C17H15NO3/c19-11-13-3-1-12(2-4-13)10-18-8-7-14-9-15(17(20)21)5-6-16(14)18/h1-9,19H,10-11H2,(H,20,21). The Morgan fingerprint density at radius 1 is 1.00 bits per heavy atom. The number of aliphatic hydroxyl groups is 1. The van der Waals surface area contributed by atoms with Crippen molar-refractivity contribution in [2.24, 2.45) is 0 Å². The third kappa shape index (κ3) is 2.66. The Labute approximate surface area is 121 Å². The molecule has 2 N–H and O–H groups in total. The van der Waals surface area contributed by atoms with Crippen molar-refractivity contribution in [3.05, 3.63) is 71.4 Å². The molecule has 0 aliphatic heterocycles. The van der Waals surface area contributed by atoms with E-state index in [4.69, 9.17) is 10.2 Å². The summed E-state index contributed by atoms with van der Waals surface area (Å²) < 4.78 is 2.08. The third-order valence-electron chi connectivity index (χ3n) is 3.58. The quantitative estimate of drug-likeness (QED) is 0.773. The molecular weight excluding hydrogens is 266 g/mol. The van der Waals surface area contributed by atoms with Gasteiger partial charge in [0.1, 0.15) is 0 Å². The molecule has 3 rings (SSSR count). The molecule has 2 aromatic carbocycles. The molecule has 0 spiro atoms. The number of nitrogens with zero attached hydrogens (tertiary/aromatic N) is 1. The molecule has 0 aliphatic carbocycles. The second kappa shape index (κ2) is 5.42. The van der Waals surface area contributed by atoms with Crippen LogP contribution in [0.3, 0.4) is 0 Å². The predicted octanol–water partition coefficient (Wildman–Crippen LogP) is 2.88. The molecule has 3 aromatic rings. The van der Waals surface area contributed by atoms with E-state index in [9.17, 15) is 4.79 Å². The lowest BCUT2D eigenvalue weighted by Gasteiger charge is -2.07. The van der Waals surface area contributed by atoms with Crippen LogP contribution in [0.2, 0.25) is 0 Å². The van der Waals surface area contributed by atoms with Gasteiger partial charge in [0.15, 0.2) is 0 Å². The van der Waals surface area contributed by atoms with Crippen molar-refractivity contribution in [1.29, 1.82) is 0 Å². The molecule has 0 fully saturated rings. The first-order valence-corrected chi connectivity index (χ1v) is 6.68. The molecule has 106 valence electrons. The lowest BCUT2D eigenvalue weighted by Crippen LogP contribution is -1.99. The van der Waals surface area contributed by atoms with Gasteiger partial charge in [-0.1, -0.05) is 24.3 Å². The second-order valence-electron chi connectivity index (χ2n) is 5.00. The normalized spacial score (nSPS) is 10.9. The van der Waals surface area contributed by atoms with Crippen LogP contribution in [-0.2, 0) is 13.2 Å². The number of carbonyl (C=O) groups is 1. The first-order valence-electron chi connectivity index (χ1n) is 6.68. The van der Waals surface area contributed by atoms with E-state index in [-0.39, 0.29) is 6.61 Å². The number of benzene rings is 2. The minimum atomic E-state index is -0.913. The summed E-state index contributed by atoms with van der Waals surface area (Å²) in [6.45, 7) is 0.756. The van der Waals surface area contributed by atoms with Crippen LogP contribution < -0.4 is 0 Å². The summed E-state index contributed by atoms with van der Waals surface area (Å²) in [5.41, 5.74) is 3.33. The van der Waals surface area contributed by atoms with E-state index in [1.54, 1.807) is 12.1 Å². The van der Waals surface area contributed by atoms with Crippen LogP contribution in [-0.4, -0.2) is 20.7 Å². The molecule has 0 radical (unpaired) electrons. The highest BCUT2D eigenvalue weighted by molar-refractivity contribution is 5.93. The number of aromatic nitrogens is 1. The number of aromatic carboxylic acids is 1. The fourth-order valence-electron chi connectivity index (χ4n) is 2.42. The monoisotopic (exact) mass is 281 g/mol. The molecule has 21 heavy (non-hydrogen) atoms. The molecule has 1 heterocycles. The zero-order chi connectivity index (χ0) is 14.8. The van der Waals surface area contributed by atoms with Crippen LogP contribution in [0.4, 0.5) is 0 Å². The fraction of sp³-hybridized carbons (Fsp3) is 0.118. The molecule has 1 aromatic heterocycles. The zero-order valence-electron chi connectivity index (χ0n) is 11.4. The van der Waals surface area contributed by atoms with Gasteiger partial charge in [0, 0.05) is 23.6 Å². The zero-order valence-corrected chi connectivity index (χ0v) is 11.4. The highest BCUT2D eigenvalue weighted by Gasteiger charge is 2.07. The molecule has 0 amide bonds. The second-order valence-corrected chi connectivity index (χ2v) is 5.00. The van der Waals surface area contributed by atoms with Gasteiger partial charge in [-0.3, -0.25) is 0 Å². The fourth-order valence-corrected chi connectivity index (χ4v) is 2.42. The number of rotatable bonds is 4. The van der Waals surface area contributed by atoms with E-state index >= 15 is 0 Å².